The van der Waals surface area contributed by atoms with Gasteiger partial charge in [0, 0.05) is 35.3 Å². The van der Waals surface area contributed by atoms with Gasteiger partial charge in [-0.1, -0.05) is 11.6 Å². The van der Waals surface area contributed by atoms with E-state index in [0.29, 0.717) is 10.6 Å². The van der Waals surface area contributed by atoms with E-state index >= 15 is 0 Å². The van der Waals surface area contributed by atoms with Crippen LogP contribution in [-0.4, -0.2) is 29.2 Å². The van der Waals surface area contributed by atoms with Gasteiger partial charge in [-0.15, -0.1) is 0 Å². The maximum absolute atomic E-state index is 12.9. The summed E-state index contributed by atoms with van der Waals surface area (Å²) < 4.78 is 23.1. The summed E-state index contributed by atoms with van der Waals surface area (Å²) in [6, 6.07) is 6.21. The minimum Gasteiger partial charge on any atom is -0.304 e. The van der Waals surface area contributed by atoms with Gasteiger partial charge < -0.3 is 9.05 Å². The van der Waals surface area contributed by atoms with Gasteiger partial charge in [0.05, 0.1) is 13.2 Å². The number of ketones is 1. The third kappa shape index (κ3) is 4.63. The highest BCUT2D eigenvalue weighted by molar-refractivity contribution is 7.55. The van der Waals surface area contributed by atoms with Crippen LogP contribution in [0.2, 0.25) is 5.02 Å². The lowest BCUT2D eigenvalue weighted by atomic mass is 10.0. The van der Waals surface area contributed by atoms with Gasteiger partial charge in [-0.2, -0.15) is 0 Å². The van der Waals surface area contributed by atoms with E-state index in [1.807, 2.05) is 0 Å². The summed E-state index contributed by atoms with van der Waals surface area (Å²) in [5, 5.41) is 10.0. The van der Waals surface area contributed by atoms with Crippen LogP contribution in [0, 0.1) is 10.1 Å². The molecule has 24 heavy (non-hydrogen) atoms. The second-order valence-electron chi connectivity index (χ2n) is 5.24. The molecule has 1 unspecified atom stereocenters. The number of hydrogen-bond donors (Lipinski definition) is 0. The Morgan fingerprint density at radius 3 is 2.17 bits per heavy atom. The molecule has 1 atom stereocenters. The van der Waals surface area contributed by atoms with Gasteiger partial charge in [0.25, 0.3) is 0 Å². The predicted molar refractivity (Wildman–Crippen MR) is 91.3 cm³/mol. The minimum absolute atomic E-state index is 0.00579. The molecule has 0 saturated carbocycles. The molecule has 0 spiro atoms. The van der Waals surface area contributed by atoms with E-state index in [2.05, 4.69) is 0 Å². The first-order chi connectivity index (χ1) is 11.2. The second kappa shape index (κ2) is 8.72. The number of carbonyl (C=O) groups excluding carboxylic acids is 1. The van der Waals surface area contributed by atoms with E-state index in [1.165, 1.54) is 6.92 Å². The number of halogens is 1. The Bertz CT molecular complexity index is 625. The lowest BCUT2D eigenvalue weighted by Crippen LogP contribution is -2.37. The van der Waals surface area contributed by atoms with Crippen molar-refractivity contribution in [3.63, 3.8) is 0 Å². The highest BCUT2D eigenvalue weighted by Crippen LogP contribution is 2.61. The molecule has 0 aliphatic carbocycles. The average molecular weight is 378 g/mol. The molecule has 0 radical (unpaired) electrons. The molecule has 0 amide bonds. The van der Waals surface area contributed by atoms with Gasteiger partial charge in [-0.05, 0) is 38.1 Å². The molecule has 0 aliphatic heterocycles. The van der Waals surface area contributed by atoms with Crippen molar-refractivity contribution in [3.05, 3.63) is 45.0 Å². The lowest BCUT2D eigenvalue weighted by Gasteiger charge is -2.28. The molecule has 1 aromatic carbocycles. The van der Waals surface area contributed by atoms with Crippen LogP contribution in [0.15, 0.2) is 24.3 Å². The van der Waals surface area contributed by atoms with Crippen LogP contribution in [0.25, 0.3) is 0 Å². The molecule has 1 aromatic rings. The van der Waals surface area contributed by atoms with Gasteiger partial charge in [-0.3, -0.25) is 19.5 Å². The molecule has 134 valence electrons. The fourth-order valence-corrected chi connectivity index (χ4v) is 4.14. The lowest BCUT2D eigenvalue weighted by molar-refractivity contribution is -0.541. The SMILES string of the molecule is CCOP(=O)(OCC)C(C)(CCC(=O)c1ccc(Cl)cc1)[N+](=O)[O-]. The van der Waals surface area contributed by atoms with Gasteiger partial charge in [0.2, 0.25) is 0 Å². The fourth-order valence-electron chi connectivity index (χ4n) is 2.11. The summed E-state index contributed by atoms with van der Waals surface area (Å²) in [5.41, 5.74) is 0.382. The number of nitrogens with zero attached hydrogens (tertiary/aromatic N) is 1. The Balaban J connectivity index is 2.99. The Morgan fingerprint density at radius 1 is 1.25 bits per heavy atom. The predicted octanol–water partition coefficient (Wildman–Crippen LogP) is 4.56. The molecule has 0 N–H and O–H groups in total. The third-order valence-electron chi connectivity index (χ3n) is 3.57. The Hall–Kier alpha value is -1.27. The normalized spacial score (nSPS) is 14.2. The largest absolute Gasteiger partial charge is 0.406 e. The Kier molecular flexibility index (Phi) is 7.55. The van der Waals surface area contributed by atoms with Gasteiger partial charge >= 0.3 is 12.9 Å². The van der Waals surface area contributed by atoms with Gasteiger partial charge in [0.15, 0.2) is 5.78 Å². The van der Waals surface area contributed by atoms with Crippen LogP contribution in [0.5, 0.6) is 0 Å². The van der Waals surface area contributed by atoms with E-state index in [1.54, 1.807) is 38.1 Å². The zero-order valence-corrected chi connectivity index (χ0v) is 15.5. The molecule has 9 heteroatoms. The van der Waals surface area contributed by atoms with E-state index in [9.17, 15) is 19.5 Å². The molecule has 0 fully saturated rings. The highest BCUT2D eigenvalue weighted by Gasteiger charge is 2.58. The monoisotopic (exact) mass is 377 g/mol. The molecule has 0 aliphatic rings. The topological polar surface area (TPSA) is 95.7 Å². The fraction of sp³-hybridized carbons (Fsp3) is 0.533. The smallest absolute Gasteiger partial charge is 0.304 e. The van der Waals surface area contributed by atoms with E-state index < -0.39 is 17.8 Å². The van der Waals surface area contributed by atoms with Crippen molar-refractivity contribution in [1.82, 2.24) is 0 Å². The summed E-state index contributed by atoms with van der Waals surface area (Å²) in [6.07, 6.45) is -0.429. The zero-order valence-electron chi connectivity index (χ0n) is 13.9. The summed E-state index contributed by atoms with van der Waals surface area (Å²) in [6.45, 7) is 4.35. The van der Waals surface area contributed by atoms with Crippen molar-refractivity contribution in [2.45, 2.75) is 38.9 Å². The standard InChI is InChI=1S/C15H21ClNO6P/c1-4-22-24(21,23-5-2)15(3,17(19)20)11-10-14(18)12-6-8-13(16)9-7-12/h6-9H,4-5,10-11H2,1-3H3. The number of hydrogen-bond acceptors (Lipinski definition) is 6. The number of Topliss-reactive ketones (excluding diaryl/α,β-unsaturated/α-hetero) is 1. The van der Waals surface area contributed by atoms with Crippen molar-refractivity contribution in [1.29, 1.82) is 0 Å². The maximum atomic E-state index is 12.9. The second-order valence-corrected chi connectivity index (χ2v) is 8.15. The van der Waals surface area contributed by atoms with Crippen molar-refractivity contribution in [2.24, 2.45) is 0 Å². The van der Waals surface area contributed by atoms with Crippen molar-refractivity contribution >= 4 is 25.0 Å². The highest BCUT2D eigenvalue weighted by atomic mass is 35.5. The van der Waals surface area contributed by atoms with Crippen molar-refractivity contribution in [3.8, 4) is 0 Å². The van der Waals surface area contributed by atoms with Crippen LogP contribution in [-0.2, 0) is 13.6 Å². The van der Waals surface area contributed by atoms with Crippen LogP contribution in [0.1, 0.15) is 44.0 Å². The Morgan fingerprint density at radius 2 is 1.75 bits per heavy atom. The Labute approximate surface area is 146 Å². The first kappa shape index (κ1) is 20.8. The minimum atomic E-state index is -4.03. The van der Waals surface area contributed by atoms with Crippen LogP contribution in [0.4, 0.5) is 0 Å². The molecule has 0 bridgehead atoms. The average Bonchev–Trinajstić information content (AvgIpc) is 2.53. The number of nitro groups is 1. The quantitative estimate of drug-likeness (QED) is 0.256. The molecule has 0 saturated heterocycles. The molecular weight excluding hydrogens is 357 g/mol. The summed E-state index contributed by atoms with van der Waals surface area (Å²) in [7, 11) is -4.03. The van der Waals surface area contributed by atoms with Crippen molar-refractivity contribution < 1.29 is 23.3 Å². The van der Waals surface area contributed by atoms with E-state index in [-0.39, 0.29) is 31.8 Å². The molecular formula is C15H21ClNO6P. The molecule has 7 nitrogen and oxygen atoms in total. The number of rotatable bonds is 10. The van der Waals surface area contributed by atoms with Crippen LogP contribution >= 0.6 is 19.2 Å². The van der Waals surface area contributed by atoms with Gasteiger partial charge in [0.1, 0.15) is 0 Å². The summed E-state index contributed by atoms with van der Waals surface area (Å²) in [4.78, 5) is 23.1. The van der Waals surface area contributed by atoms with Gasteiger partial charge in [-0.25, -0.2) is 0 Å². The summed E-state index contributed by atoms with van der Waals surface area (Å²) >= 11 is 5.77. The third-order valence-corrected chi connectivity index (χ3v) is 6.59. The maximum Gasteiger partial charge on any atom is 0.406 e. The van der Waals surface area contributed by atoms with Crippen LogP contribution in [0.3, 0.4) is 0 Å². The van der Waals surface area contributed by atoms with Crippen LogP contribution < -0.4 is 0 Å². The molecule has 1 rings (SSSR count). The first-order valence-electron chi connectivity index (χ1n) is 7.52. The number of carbonyl (C=O) groups is 1. The summed E-state index contributed by atoms with van der Waals surface area (Å²) in [5.74, 6) is -0.306. The zero-order chi connectivity index (χ0) is 18.4. The molecule has 0 aromatic heterocycles. The first-order valence-corrected chi connectivity index (χ1v) is 9.44. The van der Waals surface area contributed by atoms with Crippen molar-refractivity contribution in [2.75, 3.05) is 13.2 Å². The van der Waals surface area contributed by atoms with E-state index in [0.717, 1.165) is 0 Å². The molecule has 0 heterocycles. The number of benzene rings is 1. The van der Waals surface area contributed by atoms with E-state index in [4.69, 9.17) is 20.6 Å².